The minimum atomic E-state index is -1.53. The molecule has 5 amide bonds. The van der Waals surface area contributed by atoms with Gasteiger partial charge in [0.25, 0.3) is 0 Å². The summed E-state index contributed by atoms with van der Waals surface area (Å²) < 4.78 is 0. The van der Waals surface area contributed by atoms with E-state index in [0.717, 1.165) is 49.3 Å². The summed E-state index contributed by atoms with van der Waals surface area (Å²) in [7, 11) is 0. The number of para-hydroxylation sites is 1. The van der Waals surface area contributed by atoms with E-state index < -0.39 is 71.5 Å². The molecule has 4 aliphatic carbocycles. The quantitative estimate of drug-likeness (QED) is 0.196. The molecule has 55 heavy (non-hydrogen) atoms. The van der Waals surface area contributed by atoms with Crippen molar-refractivity contribution in [3.8, 4) is 0 Å². The number of hydrogen-bond acceptors (Lipinski definition) is 9. The second kappa shape index (κ2) is 16.1. The Hall–Kier alpha value is -4.15. The Bertz CT molecular complexity index is 1820. The number of carbonyl (C=O) groups excluding carboxylic acids is 5. The molecule has 300 valence electrons. The van der Waals surface area contributed by atoms with Crippen LogP contribution in [0.2, 0.25) is 0 Å². The zero-order valence-electron chi connectivity index (χ0n) is 31.8. The molecular formula is C39H54N6O9S. The third kappa shape index (κ3) is 9.29. The van der Waals surface area contributed by atoms with Gasteiger partial charge in [0.15, 0.2) is 0 Å². The number of carboxylic acid groups (broad SMARTS) is 1. The lowest BCUT2D eigenvalue weighted by molar-refractivity contribution is -0.169. The molecule has 2 unspecified atom stereocenters. The number of aromatic nitrogens is 1. The summed E-state index contributed by atoms with van der Waals surface area (Å²) in [6.45, 7) is 6.42. The number of carboxylic acids is 1. The lowest BCUT2D eigenvalue weighted by atomic mass is 9.47. The SMILES string of the molecule is CC(C)C[C@@H]1NC(=O)[C@@H](NC(=O)CC23CC4CC(CC(O)(C4)C2)C3)Cc2c([nH]c3ccccc23)SC[C@@H](C(=O)O)NC(=O)[C@H]([C@@H](C)O)NC(=O)[C@@H](C)NC1=O. The van der Waals surface area contributed by atoms with Gasteiger partial charge in [0, 0.05) is 29.5 Å². The van der Waals surface area contributed by atoms with E-state index in [9.17, 15) is 44.1 Å². The summed E-state index contributed by atoms with van der Waals surface area (Å²) in [5.74, 6) is -4.19. The lowest BCUT2D eigenvalue weighted by Crippen LogP contribution is -2.60. The van der Waals surface area contributed by atoms with Gasteiger partial charge in [-0.1, -0.05) is 32.0 Å². The van der Waals surface area contributed by atoms with E-state index in [1.807, 2.05) is 38.1 Å². The van der Waals surface area contributed by atoms with Gasteiger partial charge in [-0.3, -0.25) is 24.0 Å². The van der Waals surface area contributed by atoms with Gasteiger partial charge >= 0.3 is 5.97 Å². The third-order valence-electron chi connectivity index (χ3n) is 11.7. The molecule has 2 heterocycles. The Morgan fingerprint density at radius 2 is 1.62 bits per heavy atom. The van der Waals surface area contributed by atoms with Crippen LogP contribution in [0.5, 0.6) is 0 Å². The van der Waals surface area contributed by atoms with Crippen LogP contribution in [-0.4, -0.2) is 103 Å². The number of rotatable bonds is 7. The van der Waals surface area contributed by atoms with Gasteiger partial charge in [0.05, 0.1) is 16.7 Å². The Morgan fingerprint density at radius 1 is 0.927 bits per heavy atom. The number of nitrogens with one attached hydrogen (secondary N) is 6. The molecule has 7 rings (SSSR count). The van der Waals surface area contributed by atoms with Crippen LogP contribution >= 0.6 is 11.8 Å². The van der Waals surface area contributed by atoms with Crippen LogP contribution < -0.4 is 26.6 Å². The summed E-state index contributed by atoms with van der Waals surface area (Å²) in [6.07, 6.45) is 3.74. The monoisotopic (exact) mass is 782 g/mol. The number of amides is 5. The van der Waals surface area contributed by atoms with Crippen molar-refractivity contribution in [1.29, 1.82) is 0 Å². The molecule has 4 bridgehead atoms. The molecule has 5 aliphatic rings. The summed E-state index contributed by atoms with van der Waals surface area (Å²) >= 11 is 1.10. The van der Waals surface area contributed by atoms with Crippen molar-refractivity contribution in [2.45, 2.75) is 132 Å². The third-order valence-corrected chi connectivity index (χ3v) is 12.8. The highest BCUT2D eigenvalue weighted by molar-refractivity contribution is 7.99. The summed E-state index contributed by atoms with van der Waals surface area (Å²) in [5, 5.41) is 46.4. The van der Waals surface area contributed by atoms with E-state index in [0.29, 0.717) is 34.4 Å². The molecule has 1 aromatic heterocycles. The highest BCUT2D eigenvalue weighted by atomic mass is 32.2. The van der Waals surface area contributed by atoms with Gasteiger partial charge in [-0.15, -0.1) is 11.8 Å². The lowest BCUT2D eigenvalue weighted by Gasteiger charge is -2.60. The maximum atomic E-state index is 14.4. The molecule has 9 N–H and O–H groups in total. The number of aliphatic carboxylic acids is 1. The van der Waals surface area contributed by atoms with Crippen LogP contribution in [0.4, 0.5) is 0 Å². The fourth-order valence-corrected chi connectivity index (χ4v) is 10.9. The van der Waals surface area contributed by atoms with E-state index >= 15 is 0 Å². The van der Waals surface area contributed by atoms with Crippen LogP contribution in [0.15, 0.2) is 29.3 Å². The first-order chi connectivity index (χ1) is 25.9. The number of aliphatic hydroxyl groups is 2. The molecular weight excluding hydrogens is 729 g/mol. The smallest absolute Gasteiger partial charge is 0.327 e. The zero-order chi connectivity index (χ0) is 39.8. The number of aromatic amines is 1. The standard InChI is InChI=1S/C39H54N6O9S/c1-19(2)9-27-33(49)40-20(3)32(48)45-31(21(4)46)35(51)43-29(37(52)53)17-55-36-25(24-7-5-6-8-26(24)44-36)11-28(34(50)42-27)41-30(47)16-38-12-22-10-23(13-38)15-39(54,14-22)18-38/h5-8,19-23,27-29,31,44,46,54H,9-18H2,1-4H3,(H,40,49)(H,41,47)(H,42,50)(H,43,51)(H,45,48)(H,52,53)/t20-,21-,22?,23?,27+,28+,29+,31+,38?,39?/m1/s1. The first-order valence-corrected chi connectivity index (χ1v) is 20.3. The Labute approximate surface area is 324 Å². The summed E-state index contributed by atoms with van der Waals surface area (Å²) in [6, 6.07) is 0.895. The van der Waals surface area contributed by atoms with Gasteiger partial charge in [-0.05, 0) is 93.6 Å². The van der Waals surface area contributed by atoms with E-state index in [-0.39, 0.29) is 42.3 Å². The van der Waals surface area contributed by atoms with Gasteiger partial charge in [0.2, 0.25) is 29.5 Å². The van der Waals surface area contributed by atoms with Gasteiger partial charge in [-0.2, -0.15) is 0 Å². The topological polar surface area (TPSA) is 239 Å². The second-order valence-corrected chi connectivity index (χ2v) is 18.1. The van der Waals surface area contributed by atoms with Crippen molar-refractivity contribution in [3.63, 3.8) is 0 Å². The van der Waals surface area contributed by atoms with Crippen molar-refractivity contribution in [2.24, 2.45) is 23.2 Å². The van der Waals surface area contributed by atoms with Crippen molar-refractivity contribution < 1.29 is 44.1 Å². The highest BCUT2D eigenvalue weighted by Gasteiger charge is 2.57. The summed E-state index contributed by atoms with van der Waals surface area (Å²) in [4.78, 5) is 84.4. The predicted octanol–water partition coefficient (Wildman–Crippen LogP) is 1.49. The normalized spacial score (nSPS) is 33.8. The molecule has 8 atom stereocenters. The van der Waals surface area contributed by atoms with E-state index in [1.165, 1.54) is 13.8 Å². The maximum Gasteiger partial charge on any atom is 0.327 e. The molecule has 1 aliphatic heterocycles. The Balaban J connectivity index is 1.35. The molecule has 16 heteroatoms. The van der Waals surface area contributed by atoms with Gasteiger partial charge < -0.3 is 46.9 Å². The Kier molecular flexibility index (Phi) is 11.9. The van der Waals surface area contributed by atoms with Crippen LogP contribution in [0.1, 0.15) is 84.6 Å². The molecule has 4 saturated carbocycles. The number of aliphatic hydroxyl groups excluding tert-OH is 1. The molecule has 15 nitrogen and oxygen atoms in total. The molecule has 2 aromatic rings. The average molecular weight is 783 g/mol. The fourth-order valence-electron chi connectivity index (χ4n) is 9.75. The zero-order valence-corrected chi connectivity index (χ0v) is 32.6. The number of carbonyl (C=O) groups is 6. The van der Waals surface area contributed by atoms with Crippen LogP contribution in [0.25, 0.3) is 10.9 Å². The fraction of sp³-hybridized carbons (Fsp3) is 0.641. The molecule has 0 saturated heterocycles. The van der Waals surface area contributed by atoms with Crippen LogP contribution in [0, 0.1) is 23.2 Å². The molecule has 0 radical (unpaired) electrons. The van der Waals surface area contributed by atoms with Crippen molar-refractivity contribution in [2.75, 3.05) is 5.75 Å². The summed E-state index contributed by atoms with van der Waals surface area (Å²) in [5.41, 5.74) is 0.205. The number of hydrogen-bond donors (Lipinski definition) is 9. The number of fused-ring (bicyclic) bond motifs is 3. The van der Waals surface area contributed by atoms with Crippen molar-refractivity contribution >= 4 is 58.2 Å². The minimum absolute atomic E-state index is 0.0187. The number of thioether (sulfide) groups is 1. The van der Waals surface area contributed by atoms with E-state index in [4.69, 9.17) is 0 Å². The average Bonchev–Trinajstić information content (AvgIpc) is 3.42. The van der Waals surface area contributed by atoms with E-state index in [1.54, 1.807) is 0 Å². The Morgan fingerprint density at radius 3 is 2.25 bits per heavy atom. The van der Waals surface area contributed by atoms with Crippen molar-refractivity contribution in [1.82, 2.24) is 31.6 Å². The van der Waals surface area contributed by atoms with Gasteiger partial charge in [-0.25, -0.2) is 4.79 Å². The van der Waals surface area contributed by atoms with E-state index in [2.05, 4.69) is 31.6 Å². The molecule has 1 aromatic carbocycles. The van der Waals surface area contributed by atoms with Crippen LogP contribution in [-0.2, 0) is 35.2 Å². The first kappa shape index (κ1) is 40.5. The number of H-pyrrole nitrogens is 1. The first-order valence-electron chi connectivity index (χ1n) is 19.3. The van der Waals surface area contributed by atoms with Crippen LogP contribution in [0.3, 0.4) is 0 Å². The molecule has 4 fully saturated rings. The highest BCUT2D eigenvalue weighted by Crippen LogP contribution is 2.62. The predicted molar refractivity (Wildman–Crippen MR) is 204 cm³/mol. The second-order valence-electron chi connectivity index (χ2n) is 17.0. The maximum absolute atomic E-state index is 14.4. The largest absolute Gasteiger partial charge is 0.480 e. The minimum Gasteiger partial charge on any atom is -0.480 e. The number of benzene rings is 1. The van der Waals surface area contributed by atoms with Crippen molar-refractivity contribution in [3.05, 3.63) is 29.8 Å². The van der Waals surface area contributed by atoms with Gasteiger partial charge in [0.1, 0.15) is 30.2 Å². The molecule has 0 spiro atoms.